The molecular formula is C12H15FN2O2. The van der Waals surface area contributed by atoms with Gasteiger partial charge in [-0.15, -0.1) is 0 Å². The summed E-state index contributed by atoms with van der Waals surface area (Å²) >= 11 is 0. The lowest BCUT2D eigenvalue weighted by atomic mass is 9.98. The average molecular weight is 238 g/mol. The van der Waals surface area contributed by atoms with Gasteiger partial charge in [0.15, 0.2) is 0 Å². The highest BCUT2D eigenvalue weighted by Crippen LogP contribution is 2.20. The largest absolute Gasteiger partial charge is 0.394 e. The first-order valence-electron chi connectivity index (χ1n) is 5.29. The molecule has 0 atom stereocenters. The van der Waals surface area contributed by atoms with Gasteiger partial charge in [-0.05, 0) is 24.6 Å². The Hall–Kier alpha value is -1.64. The van der Waals surface area contributed by atoms with Crippen LogP contribution in [-0.4, -0.2) is 29.0 Å². The lowest BCUT2D eigenvalue weighted by Gasteiger charge is -2.31. The van der Waals surface area contributed by atoms with Gasteiger partial charge in [0.1, 0.15) is 5.82 Å². The average Bonchev–Trinajstić information content (AvgIpc) is 2.35. The zero-order chi connectivity index (χ0) is 12.9. The Labute approximate surface area is 99.3 Å². The van der Waals surface area contributed by atoms with Crippen molar-refractivity contribution in [3.63, 3.8) is 0 Å². The first-order chi connectivity index (χ1) is 8.09. The first-order valence-corrected chi connectivity index (χ1v) is 5.29. The van der Waals surface area contributed by atoms with Gasteiger partial charge in [0.05, 0.1) is 30.4 Å². The lowest BCUT2D eigenvalue weighted by Crippen LogP contribution is -2.45. The summed E-state index contributed by atoms with van der Waals surface area (Å²) in [4.78, 5) is 0. The van der Waals surface area contributed by atoms with Gasteiger partial charge in [0.2, 0.25) is 0 Å². The molecule has 0 heterocycles. The minimum absolute atomic E-state index is 0.188. The highest BCUT2D eigenvalue weighted by molar-refractivity contribution is 5.51. The van der Waals surface area contributed by atoms with Crippen molar-refractivity contribution in [3.8, 4) is 6.07 Å². The Kier molecular flexibility index (Phi) is 4.44. The SMILES string of the molecule is CCC(CO)(CO)Nc1cc(F)cc(C#N)c1. The molecule has 1 aromatic carbocycles. The maximum absolute atomic E-state index is 13.2. The number of hydrogen-bond donors (Lipinski definition) is 3. The zero-order valence-electron chi connectivity index (χ0n) is 9.57. The number of hydrogen-bond acceptors (Lipinski definition) is 4. The van der Waals surface area contributed by atoms with Crippen molar-refractivity contribution in [2.75, 3.05) is 18.5 Å². The fourth-order valence-electron chi connectivity index (χ4n) is 1.47. The van der Waals surface area contributed by atoms with Gasteiger partial charge in [-0.25, -0.2) is 4.39 Å². The smallest absolute Gasteiger partial charge is 0.126 e. The lowest BCUT2D eigenvalue weighted by molar-refractivity contribution is 0.132. The number of nitriles is 1. The molecule has 0 spiro atoms. The zero-order valence-corrected chi connectivity index (χ0v) is 9.57. The second-order valence-corrected chi connectivity index (χ2v) is 3.92. The molecule has 0 fully saturated rings. The van der Waals surface area contributed by atoms with Crippen LogP contribution in [0.5, 0.6) is 0 Å². The third-order valence-corrected chi connectivity index (χ3v) is 2.72. The van der Waals surface area contributed by atoms with E-state index in [1.54, 1.807) is 6.92 Å². The molecule has 0 aliphatic carbocycles. The van der Waals surface area contributed by atoms with E-state index in [0.29, 0.717) is 12.1 Å². The summed E-state index contributed by atoms with van der Waals surface area (Å²) in [5, 5.41) is 30.1. The predicted molar refractivity (Wildman–Crippen MR) is 61.9 cm³/mol. The normalized spacial score (nSPS) is 11.0. The molecule has 1 rings (SSSR count). The van der Waals surface area contributed by atoms with Crippen LogP contribution in [-0.2, 0) is 0 Å². The van der Waals surface area contributed by atoms with Crippen molar-refractivity contribution in [1.82, 2.24) is 0 Å². The summed E-state index contributed by atoms with van der Waals surface area (Å²) in [5.41, 5.74) is -0.347. The Morgan fingerprint density at radius 1 is 1.35 bits per heavy atom. The summed E-state index contributed by atoms with van der Waals surface area (Å²) in [6, 6.07) is 5.65. The molecule has 92 valence electrons. The minimum Gasteiger partial charge on any atom is -0.394 e. The molecule has 4 nitrogen and oxygen atoms in total. The van der Waals surface area contributed by atoms with E-state index >= 15 is 0 Å². The highest BCUT2D eigenvalue weighted by atomic mass is 19.1. The Balaban J connectivity index is 3.02. The minimum atomic E-state index is -0.902. The number of aliphatic hydroxyl groups is 2. The molecule has 17 heavy (non-hydrogen) atoms. The van der Waals surface area contributed by atoms with E-state index in [9.17, 15) is 14.6 Å². The Bertz CT molecular complexity index is 417. The Morgan fingerprint density at radius 3 is 2.47 bits per heavy atom. The van der Waals surface area contributed by atoms with Crippen molar-refractivity contribution >= 4 is 5.69 Å². The number of halogens is 1. The maximum Gasteiger partial charge on any atom is 0.126 e. The van der Waals surface area contributed by atoms with Crippen molar-refractivity contribution in [2.45, 2.75) is 18.9 Å². The summed E-state index contributed by atoms with van der Waals surface area (Å²) in [6.07, 6.45) is 0.471. The quantitative estimate of drug-likeness (QED) is 0.721. The van der Waals surface area contributed by atoms with Crippen LogP contribution in [0.1, 0.15) is 18.9 Å². The Morgan fingerprint density at radius 2 is 2.00 bits per heavy atom. The van der Waals surface area contributed by atoms with Crippen LogP contribution in [0.2, 0.25) is 0 Å². The number of benzene rings is 1. The van der Waals surface area contributed by atoms with E-state index < -0.39 is 11.4 Å². The fourth-order valence-corrected chi connectivity index (χ4v) is 1.47. The third-order valence-electron chi connectivity index (χ3n) is 2.72. The summed E-state index contributed by atoms with van der Waals surface area (Å²) in [7, 11) is 0. The predicted octanol–water partition coefficient (Wildman–Crippen LogP) is 1.24. The van der Waals surface area contributed by atoms with E-state index in [2.05, 4.69) is 5.32 Å². The molecule has 0 amide bonds. The van der Waals surface area contributed by atoms with Crippen LogP contribution >= 0.6 is 0 Å². The topological polar surface area (TPSA) is 76.3 Å². The highest BCUT2D eigenvalue weighted by Gasteiger charge is 2.26. The van der Waals surface area contributed by atoms with Crippen molar-refractivity contribution in [1.29, 1.82) is 5.26 Å². The van der Waals surface area contributed by atoms with E-state index in [1.165, 1.54) is 12.1 Å². The van der Waals surface area contributed by atoms with E-state index in [1.807, 2.05) is 6.07 Å². The van der Waals surface area contributed by atoms with Crippen LogP contribution in [0, 0.1) is 17.1 Å². The van der Waals surface area contributed by atoms with Crippen molar-refractivity contribution in [3.05, 3.63) is 29.6 Å². The molecule has 1 aromatic rings. The number of anilines is 1. The number of aliphatic hydroxyl groups excluding tert-OH is 2. The van der Waals surface area contributed by atoms with Crippen LogP contribution in [0.15, 0.2) is 18.2 Å². The van der Waals surface area contributed by atoms with Gasteiger partial charge in [-0.1, -0.05) is 6.92 Å². The van der Waals surface area contributed by atoms with Crippen LogP contribution in [0.3, 0.4) is 0 Å². The molecule has 5 heteroatoms. The second kappa shape index (κ2) is 5.62. The number of nitrogens with zero attached hydrogens (tertiary/aromatic N) is 1. The standard InChI is InChI=1S/C12H15FN2O2/c1-2-12(7-16,8-17)15-11-4-9(6-14)3-10(13)5-11/h3-5,15-17H,2,7-8H2,1H3. The summed E-state index contributed by atoms with van der Waals surface area (Å²) in [6.45, 7) is 1.24. The number of nitrogens with one attached hydrogen (secondary N) is 1. The molecule has 0 aromatic heterocycles. The molecule has 0 bridgehead atoms. The molecule has 0 aliphatic heterocycles. The molecule has 0 aliphatic rings. The van der Waals surface area contributed by atoms with Gasteiger partial charge in [0, 0.05) is 5.69 Å². The van der Waals surface area contributed by atoms with Gasteiger partial charge >= 0.3 is 0 Å². The first kappa shape index (κ1) is 13.4. The van der Waals surface area contributed by atoms with Crippen LogP contribution < -0.4 is 5.32 Å². The van der Waals surface area contributed by atoms with Crippen molar-refractivity contribution < 1.29 is 14.6 Å². The molecule has 0 saturated carbocycles. The van der Waals surface area contributed by atoms with E-state index in [-0.39, 0.29) is 18.8 Å². The van der Waals surface area contributed by atoms with Gasteiger partial charge in [-0.3, -0.25) is 0 Å². The molecule has 0 saturated heterocycles. The van der Waals surface area contributed by atoms with E-state index in [0.717, 1.165) is 6.07 Å². The van der Waals surface area contributed by atoms with Crippen molar-refractivity contribution in [2.24, 2.45) is 0 Å². The number of rotatable bonds is 5. The molecule has 0 unspecified atom stereocenters. The van der Waals surface area contributed by atoms with Crippen LogP contribution in [0.4, 0.5) is 10.1 Å². The van der Waals surface area contributed by atoms with Gasteiger partial charge in [-0.2, -0.15) is 5.26 Å². The van der Waals surface area contributed by atoms with Gasteiger partial charge < -0.3 is 15.5 Å². The molecule has 3 N–H and O–H groups in total. The maximum atomic E-state index is 13.2. The summed E-state index contributed by atoms with van der Waals surface area (Å²) in [5.74, 6) is -0.535. The monoisotopic (exact) mass is 238 g/mol. The van der Waals surface area contributed by atoms with E-state index in [4.69, 9.17) is 5.26 Å². The van der Waals surface area contributed by atoms with Gasteiger partial charge in [0.25, 0.3) is 0 Å². The summed E-state index contributed by atoms with van der Waals surface area (Å²) < 4.78 is 13.2. The molecular weight excluding hydrogens is 223 g/mol. The molecule has 0 radical (unpaired) electrons. The van der Waals surface area contributed by atoms with Crippen LogP contribution in [0.25, 0.3) is 0 Å². The third kappa shape index (κ3) is 3.16. The fraction of sp³-hybridized carbons (Fsp3) is 0.417. The second-order valence-electron chi connectivity index (χ2n) is 3.92.